The van der Waals surface area contributed by atoms with Crippen LogP contribution in [0.15, 0.2) is 46.2 Å². The van der Waals surface area contributed by atoms with Gasteiger partial charge >= 0.3 is 0 Å². The van der Waals surface area contributed by atoms with Crippen molar-refractivity contribution >= 4 is 32.2 Å². The van der Waals surface area contributed by atoms with E-state index in [9.17, 15) is 4.79 Å². The van der Waals surface area contributed by atoms with Crippen LogP contribution in [0, 0.1) is 0 Å². The predicted molar refractivity (Wildman–Crippen MR) is 118 cm³/mol. The summed E-state index contributed by atoms with van der Waals surface area (Å²) < 4.78 is 3.16. The van der Waals surface area contributed by atoms with E-state index in [0.717, 1.165) is 38.5 Å². The van der Waals surface area contributed by atoms with Gasteiger partial charge in [0.2, 0.25) is 0 Å². The van der Waals surface area contributed by atoms with E-state index in [0.29, 0.717) is 12.1 Å². The van der Waals surface area contributed by atoms with Gasteiger partial charge in [-0.15, -0.1) is 0 Å². The molecule has 4 heteroatoms. The average Bonchev–Trinajstić information content (AvgIpc) is 2.75. The van der Waals surface area contributed by atoms with Gasteiger partial charge in [-0.3, -0.25) is 14.4 Å². The molecule has 0 bridgehead atoms. The first-order chi connectivity index (χ1) is 13.8. The smallest absolute Gasteiger partial charge is 0.262 e. The third kappa shape index (κ3) is 3.32. The van der Waals surface area contributed by atoms with Crippen molar-refractivity contribution in [1.82, 2.24) is 4.57 Å². The molecule has 2 saturated carbocycles. The van der Waals surface area contributed by atoms with Crippen LogP contribution in [0.4, 0.5) is 0 Å². The standard InChI is InChI=1S/C24H28N2OS/c27-23-22-20-14-8-7-9-17(20)15-16-21(22)28-24(25-18-10-3-1-4-11-18)26(23)19-12-5-2-6-13-19/h7-9,14-16,18-19H,1-6,10-13H2. The van der Waals surface area contributed by atoms with Crippen molar-refractivity contribution in [2.45, 2.75) is 76.3 Å². The van der Waals surface area contributed by atoms with Gasteiger partial charge in [0.1, 0.15) is 0 Å². The fourth-order valence-corrected chi connectivity index (χ4v) is 6.19. The molecule has 2 aliphatic rings. The minimum atomic E-state index is 0.173. The topological polar surface area (TPSA) is 34.4 Å². The summed E-state index contributed by atoms with van der Waals surface area (Å²) in [7, 11) is 0. The first-order valence-electron chi connectivity index (χ1n) is 10.9. The van der Waals surface area contributed by atoms with Gasteiger partial charge in [0, 0.05) is 10.7 Å². The molecule has 2 aromatic carbocycles. The summed E-state index contributed by atoms with van der Waals surface area (Å²) in [5.74, 6) is 0. The van der Waals surface area contributed by atoms with Crippen LogP contribution in [-0.2, 0) is 0 Å². The van der Waals surface area contributed by atoms with E-state index in [1.165, 1.54) is 51.4 Å². The number of hydrogen-bond donors (Lipinski definition) is 0. The Hall–Kier alpha value is -1.94. The highest BCUT2D eigenvalue weighted by molar-refractivity contribution is 7.16. The van der Waals surface area contributed by atoms with Crippen molar-refractivity contribution in [3.05, 3.63) is 51.6 Å². The monoisotopic (exact) mass is 392 g/mol. The summed E-state index contributed by atoms with van der Waals surface area (Å²) in [5.41, 5.74) is 0.173. The van der Waals surface area contributed by atoms with Crippen LogP contribution in [0.3, 0.4) is 0 Å². The van der Waals surface area contributed by atoms with E-state index in [-0.39, 0.29) is 5.56 Å². The number of fused-ring (bicyclic) bond motifs is 3. The molecule has 1 heterocycles. The van der Waals surface area contributed by atoms with E-state index in [1.807, 2.05) is 12.1 Å². The molecule has 0 spiro atoms. The lowest BCUT2D eigenvalue weighted by Gasteiger charge is -2.25. The third-order valence-electron chi connectivity index (χ3n) is 6.54. The number of nitrogens with zero attached hydrogens (tertiary/aromatic N) is 2. The quantitative estimate of drug-likeness (QED) is 0.496. The minimum Gasteiger partial charge on any atom is -0.281 e. The van der Waals surface area contributed by atoms with Crippen LogP contribution in [0.1, 0.15) is 70.3 Å². The molecule has 0 unspecified atom stereocenters. The third-order valence-corrected chi connectivity index (χ3v) is 7.58. The average molecular weight is 393 g/mol. The molecule has 146 valence electrons. The van der Waals surface area contributed by atoms with Crippen LogP contribution in [0.25, 0.3) is 20.9 Å². The second-order valence-electron chi connectivity index (χ2n) is 8.43. The lowest BCUT2D eigenvalue weighted by atomic mass is 9.95. The predicted octanol–water partition coefficient (Wildman–Crippen LogP) is 5.95. The highest BCUT2D eigenvalue weighted by Crippen LogP contribution is 2.29. The summed E-state index contributed by atoms with van der Waals surface area (Å²) in [6, 6.07) is 13.2. The lowest BCUT2D eigenvalue weighted by molar-refractivity contribution is 0.338. The largest absolute Gasteiger partial charge is 0.281 e. The van der Waals surface area contributed by atoms with E-state index >= 15 is 0 Å². The van der Waals surface area contributed by atoms with Gasteiger partial charge in [-0.25, -0.2) is 0 Å². The SMILES string of the molecule is O=c1c2c(ccc3ccccc32)sc(=NC2CCCCC2)n1C1CCCCC1. The summed E-state index contributed by atoms with van der Waals surface area (Å²) >= 11 is 1.73. The Labute approximate surface area is 169 Å². The van der Waals surface area contributed by atoms with Crippen LogP contribution < -0.4 is 10.4 Å². The first kappa shape index (κ1) is 18.1. The Kier molecular flexibility index (Phi) is 5.06. The summed E-state index contributed by atoms with van der Waals surface area (Å²) in [5, 5.41) is 3.11. The van der Waals surface area contributed by atoms with Gasteiger partial charge in [-0.05, 0) is 42.5 Å². The molecular weight excluding hydrogens is 364 g/mol. The molecule has 0 aliphatic heterocycles. The van der Waals surface area contributed by atoms with Crippen LogP contribution in [0.5, 0.6) is 0 Å². The van der Waals surface area contributed by atoms with Crippen LogP contribution >= 0.6 is 11.3 Å². The molecule has 3 aromatic rings. The van der Waals surface area contributed by atoms with E-state index in [2.05, 4.69) is 28.8 Å². The van der Waals surface area contributed by atoms with Crippen molar-refractivity contribution < 1.29 is 0 Å². The molecule has 0 atom stereocenters. The van der Waals surface area contributed by atoms with E-state index < -0.39 is 0 Å². The first-order valence-corrected chi connectivity index (χ1v) is 11.7. The molecule has 2 aliphatic carbocycles. The maximum atomic E-state index is 13.8. The second kappa shape index (κ2) is 7.82. The zero-order chi connectivity index (χ0) is 18.9. The maximum absolute atomic E-state index is 13.8. The number of aromatic nitrogens is 1. The molecule has 28 heavy (non-hydrogen) atoms. The summed E-state index contributed by atoms with van der Waals surface area (Å²) in [4.78, 5) is 19.9. The Balaban J connectivity index is 1.78. The Morgan fingerprint density at radius 1 is 0.857 bits per heavy atom. The van der Waals surface area contributed by atoms with Gasteiger partial charge in [0.05, 0.1) is 11.4 Å². The normalized spacial score (nSPS) is 20.2. The van der Waals surface area contributed by atoms with Crippen molar-refractivity contribution in [1.29, 1.82) is 0 Å². The fourth-order valence-electron chi connectivity index (χ4n) is 5.03. The molecular formula is C24H28N2OS. The molecule has 0 amide bonds. The zero-order valence-electron chi connectivity index (χ0n) is 16.4. The Morgan fingerprint density at radius 2 is 1.57 bits per heavy atom. The molecule has 5 rings (SSSR count). The fraction of sp³-hybridized carbons (Fsp3) is 0.500. The van der Waals surface area contributed by atoms with Gasteiger partial charge in [0.25, 0.3) is 5.56 Å². The highest BCUT2D eigenvalue weighted by atomic mass is 32.1. The van der Waals surface area contributed by atoms with Gasteiger partial charge in [-0.1, -0.05) is 80.2 Å². The maximum Gasteiger partial charge on any atom is 0.262 e. The Morgan fingerprint density at radius 3 is 2.36 bits per heavy atom. The molecule has 0 radical (unpaired) electrons. The van der Waals surface area contributed by atoms with E-state index in [4.69, 9.17) is 4.99 Å². The van der Waals surface area contributed by atoms with Crippen molar-refractivity contribution in [2.75, 3.05) is 0 Å². The molecule has 1 aromatic heterocycles. The zero-order valence-corrected chi connectivity index (χ0v) is 17.2. The minimum absolute atomic E-state index is 0.173. The highest BCUT2D eigenvalue weighted by Gasteiger charge is 2.21. The number of benzene rings is 2. The number of rotatable bonds is 2. The summed E-state index contributed by atoms with van der Waals surface area (Å²) in [6.45, 7) is 0. The second-order valence-corrected chi connectivity index (χ2v) is 9.44. The van der Waals surface area contributed by atoms with Crippen molar-refractivity contribution in [2.24, 2.45) is 4.99 Å². The van der Waals surface area contributed by atoms with Crippen LogP contribution in [-0.4, -0.2) is 10.6 Å². The van der Waals surface area contributed by atoms with Gasteiger partial charge < -0.3 is 0 Å². The molecule has 0 N–H and O–H groups in total. The molecule has 2 fully saturated rings. The van der Waals surface area contributed by atoms with Gasteiger partial charge in [0.15, 0.2) is 4.80 Å². The lowest BCUT2D eigenvalue weighted by Crippen LogP contribution is -2.37. The molecule has 0 saturated heterocycles. The molecule has 3 nitrogen and oxygen atoms in total. The van der Waals surface area contributed by atoms with Gasteiger partial charge in [-0.2, -0.15) is 0 Å². The number of hydrogen-bond acceptors (Lipinski definition) is 3. The van der Waals surface area contributed by atoms with E-state index in [1.54, 1.807) is 11.3 Å². The van der Waals surface area contributed by atoms with Crippen LogP contribution in [0.2, 0.25) is 0 Å². The summed E-state index contributed by atoms with van der Waals surface area (Å²) in [6.07, 6.45) is 12.1. The van der Waals surface area contributed by atoms with Crippen molar-refractivity contribution in [3.63, 3.8) is 0 Å². The Bertz CT molecular complexity index is 1110. The van der Waals surface area contributed by atoms with Crippen molar-refractivity contribution in [3.8, 4) is 0 Å².